The topological polar surface area (TPSA) is 72.9 Å². The molecule has 3 rings (SSSR count). The second kappa shape index (κ2) is 6.03. The zero-order valence-corrected chi connectivity index (χ0v) is 12.6. The van der Waals surface area contributed by atoms with Gasteiger partial charge in [0.25, 0.3) is 0 Å². The molecule has 0 radical (unpaired) electrons. The normalized spacial score (nSPS) is 22.7. The van der Waals surface area contributed by atoms with Crippen LogP contribution in [0.25, 0.3) is 0 Å². The van der Waals surface area contributed by atoms with Crippen LogP contribution in [0.5, 0.6) is 0 Å². The Kier molecular flexibility index (Phi) is 4.12. The quantitative estimate of drug-likeness (QED) is 0.874. The number of piperidine rings is 1. The Bertz CT molecular complexity index is 539. The van der Waals surface area contributed by atoms with Gasteiger partial charge in [-0.3, -0.25) is 5.43 Å². The molecule has 0 aromatic carbocycles. The standard InChI is InChI=1S/C14H19N3O3S/c18-13(19)12-10-5-9-21-11(10)4-8-17(12)14(20)15-16-6-2-1-3-7-16/h5,9,12H,1-4,6-8H2,(H,15,20)(H,18,19). The molecule has 2 amide bonds. The van der Waals surface area contributed by atoms with Crippen molar-refractivity contribution in [1.29, 1.82) is 0 Å². The number of urea groups is 1. The number of carboxylic acid groups (broad SMARTS) is 1. The highest BCUT2D eigenvalue weighted by Crippen LogP contribution is 2.33. The van der Waals surface area contributed by atoms with Gasteiger partial charge < -0.3 is 10.0 Å². The third-order valence-corrected chi connectivity index (χ3v) is 5.07. The first kappa shape index (κ1) is 14.3. The first-order valence-corrected chi connectivity index (χ1v) is 8.16. The van der Waals surface area contributed by atoms with Crippen molar-refractivity contribution in [1.82, 2.24) is 15.3 Å². The number of hydrazine groups is 1. The van der Waals surface area contributed by atoms with Crippen molar-refractivity contribution >= 4 is 23.3 Å². The average Bonchev–Trinajstić information content (AvgIpc) is 2.95. The van der Waals surface area contributed by atoms with E-state index < -0.39 is 12.0 Å². The molecule has 1 aromatic rings. The molecule has 114 valence electrons. The first-order chi connectivity index (χ1) is 10.2. The van der Waals surface area contributed by atoms with Crippen LogP contribution in [0.3, 0.4) is 0 Å². The number of thiophene rings is 1. The van der Waals surface area contributed by atoms with Gasteiger partial charge >= 0.3 is 12.0 Å². The lowest BCUT2D eigenvalue weighted by Gasteiger charge is -2.36. The fraction of sp³-hybridized carbons (Fsp3) is 0.571. The van der Waals surface area contributed by atoms with E-state index in [1.807, 2.05) is 16.5 Å². The average molecular weight is 309 g/mol. The third-order valence-electron chi connectivity index (χ3n) is 4.07. The van der Waals surface area contributed by atoms with Crippen molar-refractivity contribution in [2.75, 3.05) is 19.6 Å². The molecule has 21 heavy (non-hydrogen) atoms. The van der Waals surface area contributed by atoms with Crippen molar-refractivity contribution < 1.29 is 14.7 Å². The second-order valence-corrected chi connectivity index (χ2v) is 6.45. The van der Waals surface area contributed by atoms with Crippen LogP contribution in [-0.4, -0.2) is 46.7 Å². The van der Waals surface area contributed by atoms with Crippen LogP contribution >= 0.6 is 11.3 Å². The predicted molar refractivity (Wildman–Crippen MR) is 79.1 cm³/mol. The number of nitrogens with one attached hydrogen (secondary N) is 1. The van der Waals surface area contributed by atoms with Crippen LogP contribution in [0.2, 0.25) is 0 Å². The second-order valence-electron chi connectivity index (χ2n) is 5.45. The molecular weight excluding hydrogens is 290 g/mol. The lowest BCUT2D eigenvalue weighted by Crippen LogP contribution is -2.54. The molecular formula is C14H19N3O3S. The van der Waals surface area contributed by atoms with Crippen molar-refractivity contribution in [2.45, 2.75) is 31.7 Å². The lowest BCUT2D eigenvalue weighted by atomic mass is 10.0. The first-order valence-electron chi connectivity index (χ1n) is 7.28. The molecule has 1 saturated heterocycles. The van der Waals surface area contributed by atoms with Gasteiger partial charge in [-0.25, -0.2) is 14.6 Å². The predicted octanol–water partition coefficient (Wildman–Crippen LogP) is 1.84. The number of amides is 2. The van der Waals surface area contributed by atoms with Gasteiger partial charge in [-0.1, -0.05) is 6.42 Å². The lowest BCUT2D eigenvalue weighted by molar-refractivity contribution is -0.142. The molecule has 6 nitrogen and oxygen atoms in total. The molecule has 0 aliphatic carbocycles. The molecule has 1 unspecified atom stereocenters. The van der Waals surface area contributed by atoms with Crippen molar-refractivity contribution in [2.24, 2.45) is 0 Å². The Morgan fingerprint density at radius 2 is 2.00 bits per heavy atom. The maximum atomic E-state index is 12.4. The minimum atomic E-state index is -0.969. The van der Waals surface area contributed by atoms with E-state index in [0.717, 1.165) is 42.8 Å². The number of nitrogens with zero attached hydrogens (tertiary/aromatic N) is 2. The van der Waals surface area contributed by atoms with E-state index in [-0.39, 0.29) is 6.03 Å². The van der Waals surface area contributed by atoms with E-state index in [1.165, 1.54) is 11.3 Å². The van der Waals surface area contributed by atoms with Crippen LogP contribution < -0.4 is 5.43 Å². The fourth-order valence-electron chi connectivity index (χ4n) is 3.01. The number of carboxylic acids is 1. The molecule has 1 fully saturated rings. The van der Waals surface area contributed by atoms with Crippen molar-refractivity contribution in [3.63, 3.8) is 0 Å². The van der Waals surface area contributed by atoms with E-state index in [4.69, 9.17) is 0 Å². The van der Waals surface area contributed by atoms with Crippen LogP contribution in [0, 0.1) is 0 Å². The van der Waals surface area contributed by atoms with Crippen molar-refractivity contribution in [3.05, 3.63) is 21.9 Å². The molecule has 2 aliphatic heterocycles. The summed E-state index contributed by atoms with van der Waals surface area (Å²) in [6.07, 6.45) is 4.05. The maximum Gasteiger partial charge on any atom is 0.332 e. The van der Waals surface area contributed by atoms with E-state index in [9.17, 15) is 14.7 Å². The molecule has 2 N–H and O–H groups in total. The van der Waals surface area contributed by atoms with E-state index in [2.05, 4.69) is 5.43 Å². The van der Waals surface area contributed by atoms with E-state index in [1.54, 1.807) is 11.3 Å². The van der Waals surface area contributed by atoms with Gasteiger partial charge in [0.05, 0.1) is 0 Å². The van der Waals surface area contributed by atoms with Crippen LogP contribution in [0.1, 0.15) is 35.7 Å². The molecule has 3 heterocycles. The number of rotatable bonds is 2. The molecule has 7 heteroatoms. The van der Waals surface area contributed by atoms with Gasteiger partial charge in [-0.15, -0.1) is 11.3 Å². The molecule has 0 spiro atoms. The van der Waals surface area contributed by atoms with Gasteiger partial charge in [0.15, 0.2) is 6.04 Å². The summed E-state index contributed by atoms with van der Waals surface area (Å²) in [6, 6.07) is 0.644. The summed E-state index contributed by atoms with van der Waals surface area (Å²) in [5, 5.41) is 13.3. The summed E-state index contributed by atoms with van der Waals surface area (Å²) in [4.78, 5) is 26.5. The minimum absolute atomic E-state index is 0.304. The van der Waals surface area contributed by atoms with E-state index in [0.29, 0.717) is 6.54 Å². The van der Waals surface area contributed by atoms with Gasteiger partial charge in [0, 0.05) is 24.5 Å². The summed E-state index contributed by atoms with van der Waals surface area (Å²) in [5.41, 5.74) is 3.61. The minimum Gasteiger partial charge on any atom is -0.479 e. The number of hydrogen-bond acceptors (Lipinski definition) is 4. The molecule has 1 atom stereocenters. The number of aliphatic carboxylic acids is 1. The van der Waals surface area contributed by atoms with Crippen LogP contribution in [0.4, 0.5) is 4.79 Å². The molecule has 2 aliphatic rings. The fourth-order valence-corrected chi connectivity index (χ4v) is 3.91. The van der Waals surface area contributed by atoms with Crippen LogP contribution in [-0.2, 0) is 11.2 Å². The Balaban J connectivity index is 1.74. The summed E-state index contributed by atoms with van der Waals surface area (Å²) in [7, 11) is 0. The largest absolute Gasteiger partial charge is 0.479 e. The Hall–Kier alpha value is -1.60. The summed E-state index contributed by atoms with van der Waals surface area (Å²) < 4.78 is 0. The van der Waals surface area contributed by atoms with Gasteiger partial charge in [0.1, 0.15) is 0 Å². The Morgan fingerprint density at radius 3 is 2.71 bits per heavy atom. The number of fused-ring (bicyclic) bond motifs is 1. The van der Waals surface area contributed by atoms with Gasteiger partial charge in [-0.2, -0.15) is 0 Å². The zero-order valence-electron chi connectivity index (χ0n) is 11.7. The highest BCUT2D eigenvalue weighted by molar-refractivity contribution is 7.10. The Labute approximate surface area is 127 Å². The summed E-state index contributed by atoms with van der Waals surface area (Å²) in [5.74, 6) is -0.969. The number of carbonyl (C=O) groups excluding carboxylic acids is 1. The SMILES string of the molecule is O=C(O)C1c2ccsc2CCN1C(=O)NN1CCCCC1. The van der Waals surface area contributed by atoms with Crippen LogP contribution in [0.15, 0.2) is 11.4 Å². The highest BCUT2D eigenvalue weighted by Gasteiger charge is 2.37. The zero-order chi connectivity index (χ0) is 14.8. The molecule has 0 saturated carbocycles. The monoisotopic (exact) mass is 309 g/mol. The van der Waals surface area contributed by atoms with Crippen molar-refractivity contribution in [3.8, 4) is 0 Å². The number of hydrogen-bond donors (Lipinski definition) is 2. The summed E-state index contributed by atoms with van der Waals surface area (Å²) >= 11 is 1.56. The smallest absolute Gasteiger partial charge is 0.332 e. The Morgan fingerprint density at radius 1 is 1.24 bits per heavy atom. The third kappa shape index (κ3) is 2.89. The van der Waals surface area contributed by atoms with Gasteiger partial charge in [-0.05, 0) is 36.3 Å². The summed E-state index contributed by atoms with van der Waals surface area (Å²) in [6.45, 7) is 2.12. The highest BCUT2D eigenvalue weighted by atomic mass is 32.1. The maximum absolute atomic E-state index is 12.4. The molecule has 0 bridgehead atoms. The number of carbonyl (C=O) groups is 2. The molecule has 1 aromatic heterocycles. The van der Waals surface area contributed by atoms with E-state index >= 15 is 0 Å². The van der Waals surface area contributed by atoms with Gasteiger partial charge in [0.2, 0.25) is 0 Å².